The second kappa shape index (κ2) is 12.7. The maximum atomic E-state index is 13.7. The van der Waals surface area contributed by atoms with Gasteiger partial charge in [0.05, 0.1) is 0 Å². The van der Waals surface area contributed by atoms with Crippen LogP contribution < -0.4 is 10.6 Å². The number of unbranched alkanes of at least 4 members (excludes halogenated alkanes) is 1. The number of hydrogen-bond acceptors (Lipinski definition) is 3. The normalized spacial score (nSPS) is 17.2. The first-order valence-corrected chi connectivity index (χ1v) is 13.1. The molecule has 34 heavy (non-hydrogen) atoms. The molecule has 2 N–H and O–H groups in total. The minimum atomic E-state index is -0.616. The molecule has 0 fully saturated rings. The second-order valence-electron chi connectivity index (χ2n) is 9.49. The highest BCUT2D eigenvalue weighted by atomic mass is 32.1. The lowest BCUT2D eigenvalue weighted by atomic mass is 9.82. The van der Waals surface area contributed by atoms with Crippen molar-refractivity contribution < 1.29 is 13.6 Å². The summed E-state index contributed by atoms with van der Waals surface area (Å²) in [5.74, 6) is -1.42. The summed E-state index contributed by atoms with van der Waals surface area (Å²) in [6, 6.07) is 8.13. The first-order valence-electron chi connectivity index (χ1n) is 12.6. The smallest absolute Gasteiger partial charge is 0.217 e. The summed E-state index contributed by atoms with van der Waals surface area (Å²) in [6.45, 7) is 6.47. The van der Waals surface area contributed by atoms with Crippen molar-refractivity contribution in [3.63, 3.8) is 0 Å². The minimum absolute atomic E-state index is 0.183. The molecule has 0 saturated heterocycles. The highest BCUT2D eigenvalue weighted by molar-refractivity contribution is 7.81. The third-order valence-corrected chi connectivity index (χ3v) is 7.29. The van der Waals surface area contributed by atoms with E-state index in [4.69, 9.17) is 12.6 Å². The molecule has 2 aromatic rings. The molecule has 0 saturated carbocycles. The summed E-state index contributed by atoms with van der Waals surface area (Å²) in [5, 5.41) is 6.41. The number of hydrogen-bond donors (Lipinski definition) is 3. The lowest BCUT2D eigenvalue weighted by Crippen LogP contribution is -2.46. The fourth-order valence-corrected chi connectivity index (χ4v) is 5.30. The van der Waals surface area contributed by atoms with Gasteiger partial charge in [-0.05, 0) is 84.9 Å². The molecule has 0 aromatic heterocycles. The van der Waals surface area contributed by atoms with Gasteiger partial charge in [-0.1, -0.05) is 32.4 Å². The van der Waals surface area contributed by atoms with E-state index in [2.05, 4.69) is 36.6 Å². The van der Waals surface area contributed by atoms with Crippen LogP contribution in [0.5, 0.6) is 0 Å². The lowest BCUT2D eigenvalue weighted by Gasteiger charge is -2.32. The molecule has 3 rings (SSSR count). The van der Waals surface area contributed by atoms with Gasteiger partial charge in [-0.25, -0.2) is 8.78 Å². The number of fused-ring (bicyclic) bond motifs is 1. The van der Waals surface area contributed by atoms with Crippen molar-refractivity contribution in [2.75, 3.05) is 6.54 Å². The number of amides is 1. The molecule has 0 spiro atoms. The van der Waals surface area contributed by atoms with Crippen LogP contribution in [0.4, 0.5) is 8.78 Å². The van der Waals surface area contributed by atoms with Crippen molar-refractivity contribution in [1.29, 1.82) is 0 Å². The van der Waals surface area contributed by atoms with Crippen LogP contribution >= 0.6 is 12.6 Å². The number of rotatable bonds is 11. The van der Waals surface area contributed by atoms with E-state index < -0.39 is 11.6 Å². The molecular formula is C28H38F2N2OS. The van der Waals surface area contributed by atoms with Crippen LogP contribution in [-0.2, 0) is 30.5 Å². The summed E-state index contributed by atoms with van der Waals surface area (Å²) >= 11 is 4.79. The summed E-state index contributed by atoms with van der Waals surface area (Å²) in [4.78, 5) is 11.8. The Hall–Kier alpha value is -1.92. The highest BCUT2D eigenvalue weighted by Crippen LogP contribution is 2.34. The van der Waals surface area contributed by atoms with Crippen LogP contribution in [0.15, 0.2) is 30.3 Å². The molecule has 3 nitrogen and oxygen atoms in total. The molecule has 0 aliphatic heterocycles. The largest absolute Gasteiger partial charge is 0.352 e. The predicted molar refractivity (Wildman–Crippen MR) is 139 cm³/mol. The number of carbonyl (C=O) groups is 1. The SMILES string of the molecule is CCCCc1cc(CC)cc2c1CCCC2NCC(S)C(Cc1cc(F)cc(F)c1)NC(C)=O. The monoisotopic (exact) mass is 488 g/mol. The Bertz CT molecular complexity index is 961. The van der Waals surface area contributed by atoms with Crippen LogP contribution in [0.2, 0.25) is 0 Å². The first kappa shape index (κ1) is 26.7. The Balaban J connectivity index is 1.74. The van der Waals surface area contributed by atoms with Crippen LogP contribution in [0.3, 0.4) is 0 Å². The Kier molecular flexibility index (Phi) is 9.96. The molecule has 2 aromatic carbocycles. The zero-order valence-corrected chi connectivity index (χ0v) is 21.5. The molecule has 0 radical (unpaired) electrons. The maximum absolute atomic E-state index is 13.7. The number of aryl methyl sites for hydroxylation is 2. The van der Waals surface area contributed by atoms with Crippen LogP contribution in [0.25, 0.3) is 0 Å². The van der Waals surface area contributed by atoms with Crippen LogP contribution in [0.1, 0.15) is 80.3 Å². The third-order valence-electron chi connectivity index (χ3n) is 6.74. The van der Waals surface area contributed by atoms with Gasteiger partial charge in [-0.15, -0.1) is 0 Å². The molecule has 1 aliphatic carbocycles. The summed E-state index contributed by atoms with van der Waals surface area (Å²) in [6.07, 6.45) is 8.18. The van der Waals surface area contributed by atoms with E-state index in [1.54, 1.807) is 0 Å². The van der Waals surface area contributed by atoms with Gasteiger partial charge in [0.15, 0.2) is 0 Å². The van der Waals surface area contributed by atoms with Crippen LogP contribution in [-0.4, -0.2) is 23.7 Å². The van der Waals surface area contributed by atoms with Gasteiger partial charge >= 0.3 is 0 Å². The van der Waals surface area contributed by atoms with Gasteiger partial charge in [0.25, 0.3) is 0 Å². The molecule has 3 atom stereocenters. The molecule has 6 heteroatoms. The van der Waals surface area contributed by atoms with Gasteiger partial charge < -0.3 is 10.6 Å². The van der Waals surface area contributed by atoms with E-state index in [-0.39, 0.29) is 23.2 Å². The van der Waals surface area contributed by atoms with Crippen molar-refractivity contribution >= 4 is 18.5 Å². The minimum Gasteiger partial charge on any atom is -0.352 e. The molecule has 0 heterocycles. The Morgan fingerprint density at radius 2 is 1.85 bits per heavy atom. The second-order valence-corrected chi connectivity index (χ2v) is 10.2. The van der Waals surface area contributed by atoms with Crippen molar-refractivity contribution in [3.05, 3.63) is 69.8 Å². The summed E-state index contributed by atoms with van der Waals surface area (Å²) in [5.41, 5.74) is 6.28. The van der Waals surface area contributed by atoms with Gasteiger partial charge in [-0.2, -0.15) is 12.6 Å². The number of benzene rings is 2. The van der Waals surface area contributed by atoms with E-state index in [0.29, 0.717) is 18.5 Å². The van der Waals surface area contributed by atoms with Crippen molar-refractivity contribution in [1.82, 2.24) is 10.6 Å². The van der Waals surface area contributed by atoms with Crippen molar-refractivity contribution in [3.8, 4) is 0 Å². The molecule has 3 unspecified atom stereocenters. The van der Waals surface area contributed by atoms with Gasteiger partial charge in [0.2, 0.25) is 5.91 Å². The molecule has 186 valence electrons. The molecule has 1 aliphatic rings. The molecule has 0 bridgehead atoms. The van der Waals surface area contributed by atoms with E-state index >= 15 is 0 Å². The zero-order valence-electron chi connectivity index (χ0n) is 20.6. The zero-order chi connectivity index (χ0) is 24.7. The lowest BCUT2D eigenvalue weighted by molar-refractivity contribution is -0.119. The Morgan fingerprint density at radius 1 is 1.12 bits per heavy atom. The average Bonchev–Trinajstić information content (AvgIpc) is 2.79. The number of nitrogens with one attached hydrogen (secondary N) is 2. The van der Waals surface area contributed by atoms with Crippen molar-refractivity contribution in [2.45, 2.75) is 89.5 Å². The topological polar surface area (TPSA) is 41.1 Å². The quantitative estimate of drug-likeness (QED) is 0.346. The first-order chi connectivity index (χ1) is 16.3. The van der Waals surface area contributed by atoms with Gasteiger partial charge in [-0.3, -0.25) is 4.79 Å². The predicted octanol–water partition coefficient (Wildman–Crippen LogP) is 5.88. The van der Waals surface area contributed by atoms with Crippen molar-refractivity contribution in [2.24, 2.45) is 0 Å². The van der Waals surface area contributed by atoms with Crippen LogP contribution in [0, 0.1) is 11.6 Å². The summed E-state index contributed by atoms with van der Waals surface area (Å²) < 4.78 is 27.4. The molecular weight excluding hydrogens is 450 g/mol. The third kappa shape index (κ3) is 7.29. The van der Waals surface area contributed by atoms with E-state index in [1.165, 1.54) is 54.2 Å². The number of halogens is 2. The Morgan fingerprint density at radius 3 is 2.50 bits per heavy atom. The fourth-order valence-electron chi connectivity index (χ4n) is 5.02. The average molecular weight is 489 g/mol. The number of thiol groups is 1. The molecule has 1 amide bonds. The fraction of sp³-hybridized carbons (Fsp3) is 0.536. The number of carbonyl (C=O) groups excluding carboxylic acids is 1. The van der Waals surface area contributed by atoms with E-state index in [9.17, 15) is 13.6 Å². The van der Waals surface area contributed by atoms with Gasteiger partial charge in [0, 0.05) is 36.9 Å². The maximum Gasteiger partial charge on any atom is 0.217 e. The van der Waals surface area contributed by atoms with E-state index in [1.807, 2.05) is 0 Å². The Labute approximate surface area is 208 Å². The summed E-state index contributed by atoms with van der Waals surface area (Å²) in [7, 11) is 0. The highest BCUT2D eigenvalue weighted by Gasteiger charge is 2.26. The van der Waals surface area contributed by atoms with Gasteiger partial charge in [0.1, 0.15) is 11.6 Å². The van der Waals surface area contributed by atoms with E-state index in [0.717, 1.165) is 38.2 Å². The standard InChI is InChI=1S/C28H38F2N2OS/c1-4-6-8-21-11-19(5-2)14-25-24(21)9-7-10-26(25)31-17-28(34)27(32-18(3)33)15-20-12-22(29)16-23(30)13-20/h11-14,16,26-28,31,34H,4-10,15,17H2,1-3H3,(H,32,33).